The number of carboxylic acid groups (broad SMARTS) is 1. The summed E-state index contributed by atoms with van der Waals surface area (Å²) in [6, 6.07) is 4.98. The number of benzene rings is 1. The van der Waals surface area contributed by atoms with Crippen molar-refractivity contribution in [2.24, 2.45) is 0 Å². The summed E-state index contributed by atoms with van der Waals surface area (Å²) >= 11 is 0. The van der Waals surface area contributed by atoms with Crippen LogP contribution in [0.4, 0.5) is 31.1 Å². The van der Waals surface area contributed by atoms with E-state index >= 15 is 0 Å². The van der Waals surface area contributed by atoms with Gasteiger partial charge in [-0.3, -0.25) is 14.9 Å². The Hall–Kier alpha value is -3.62. The lowest BCUT2D eigenvalue weighted by molar-refractivity contribution is -0.308. The summed E-state index contributed by atoms with van der Waals surface area (Å²) in [5.41, 5.74) is 0.187. The number of rotatable bonds is 7. The second kappa shape index (κ2) is 11.0. The maximum Gasteiger partial charge on any atom is 0.434 e. The lowest BCUT2D eigenvalue weighted by Crippen LogP contribution is -2.52. The van der Waals surface area contributed by atoms with Crippen LogP contribution in [0.1, 0.15) is 19.4 Å². The van der Waals surface area contributed by atoms with Crippen LogP contribution in [0.25, 0.3) is 11.3 Å². The fourth-order valence-electron chi connectivity index (χ4n) is 3.59. The third kappa shape index (κ3) is 7.46. The van der Waals surface area contributed by atoms with Crippen molar-refractivity contribution in [2.75, 3.05) is 26.2 Å². The molecule has 0 radical (unpaired) electrons. The Labute approximate surface area is 213 Å². The number of carboxylic acids is 1. The van der Waals surface area contributed by atoms with E-state index in [9.17, 15) is 41.0 Å². The number of aliphatic carboxylic acids is 1. The van der Waals surface area contributed by atoms with Gasteiger partial charge in [0, 0.05) is 50.7 Å². The molecule has 15 heteroatoms. The highest BCUT2D eigenvalue weighted by molar-refractivity contribution is 5.77. The fraction of sp³-hybridized carbons (Fsp3) is 0.478. The van der Waals surface area contributed by atoms with Crippen LogP contribution in [-0.2, 0) is 16.1 Å². The number of hydrogen-bond acceptors (Lipinski definition) is 7. The first-order chi connectivity index (χ1) is 17.6. The van der Waals surface area contributed by atoms with Crippen LogP contribution in [-0.4, -0.2) is 87.2 Å². The molecule has 1 aromatic carbocycles. The number of carbonyl (C=O) groups excluding carboxylic acids is 1. The molecule has 1 fully saturated rings. The first kappa shape index (κ1) is 28.9. The Bertz CT molecular complexity index is 1120. The second-order valence-electron chi connectivity index (χ2n) is 8.98. The Kier molecular flexibility index (Phi) is 8.39. The smallest absolute Gasteiger partial charge is 0.434 e. The standard InChI is InChI=1S/C23H24F6N4O5/c1-21(2,19(34)35)38-16-10-14(9-15(11-16)17-12-30-3-4-31-17)13-32-5-7-33(8-6-32)20(36)37-18(22(24,25)26)23(27,28)29/h3-4,9-12,18H,5-8,13H2,1-2H3,(H,34,35). The number of piperazine rings is 1. The number of hydrogen-bond donors (Lipinski definition) is 1. The molecule has 2 heterocycles. The van der Waals surface area contributed by atoms with Gasteiger partial charge in [0.1, 0.15) is 5.75 Å². The van der Waals surface area contributed by atoms with E-state index in [1.807, 2.05) is 4.90 Å². The minimum absolute atomic E-state index is 0.129. The number of nitrogens with zero attached hydrogens (tertiary/aromatic N) is 4. The van der Waals surface area contributed by atoms with E-state index in [0.717, 1.165) is 4.90 Å². The molecule has 2 aromatic rings. The molecule has 3 rings (SSSR count). The van der Waals surface area contributed by atoms with E-state index in [4.69, 9.17) is 4.74 Å². The zero-order chi connectivity index (χ0) is 28.3. The van der Waals surface area contributed by atoms with E-state index in [1.165, 1.54) is 32.4 Å². The monoisotopic (exact) mass is 550 g/mol. The number of alkyl halides is 6. The molecule has 0 atom stereocenters. The molecule has 208 valence electrons. The van der Waals surface area contributed by atoms with E-state index in [1.54, 1.807) is 18.2 Å². The summed E-state index contributed by atoms with van der Waals surface area (Å²) in [7, 11) is 0. The average molecular weight is 550 g/mol. The van der Waals surface area contributed by atoms with Gasteiger partial charge in [-0.2, -0.15) is 26.3 Å². The van der Waals surface area contributed by atoms with Crippen LogP contribution in [0.3, 0.4) is 0 Å². The Morgan fingerprint density at radius 1 is 1.00 bits per heavy atom. The van der Waals surface area contributed by atoms with Crippen molar-refractivity contribution >= 4 is 12.1 Å². The molecule has 0 saturated carbocycles. The molecule has 0 bridgehead atoms. The molecule has 38 heavy (non-hydrogen) atoms. The first-order valence-corrected chi connectivity index (χ1v) is 11.2. The van der Waals surface area contributed by atoms with Gasteiger partial charge in [-0.05, 0) is 37.6 Å². The highest BCUT2D eigenvalue weighted by Crippen LogP contribution is 2.36. The maximum absolute atomic E-state index is 12.7. The lowest BCUT2D eigenvalue weighted by atomic mass is 10.1. The number of halogens is 6. The molecule has 1 N–H and O–H groups in total. The van der Waals surface area contributed by atoms with E-state index in [-0.39, 0.29) is 38.5 Å². The number of aromatic nitrogens is 2. The summed E-state index contributed by atoms with van der Waals surface area (Å²) in [5.74, 6) is -0.951. The molecule has 1 amide bonds. The second-order valence-corrected chi connectivity index (χ2v) is 8.98. The minimum Gasteiger partial charge on any atom is -0.478 e. The molecule has 9 nitrogen and oxygen atoms in total. The van der Waals surface area contributed by atoms with Crippen molar-refractivity contribution in [3.63, 3.8) is 0 Å². The molecule has 0 unspecified atom stereocenters. The van der Waals surface area contributed by atoms with E-state index in [2.05, 4.69) is 14.7 Å². The highest BCUT2D eigenvalue weighted by atomic mass is 19.4. The van der Waals surface area contributed by atoms with Crippen molar-refractivity contribution in [2.45, 2.75) is 44.4 Å². The molecule has 0 aliphatic carbocycles. The number of carbonyl (C=O) groups is 2. The van der Waals surface area contributed by atoms with Gasteiger partial charge >= 0.3 is 24.4 Å². The molecule has 1 aromatic heterocycles. The van der Waals surface area contributed by atoms with Crippen molar-refractivity contribution in [1.82, 2.24) is 19.8 Å². The predicted octanol–water partition coefficient (Wildman–Crippen LogP) is 4.13. The molecular formula is C23H24F6N4O5. The molecular weight excluding hydrogens is 526 g/mol. The Balaban J connectivity index is 1.71. The van der Waals surface area contributed by atoms with Gasteiger partial charge in [-0.15, -0.1) is 0 Å². The summed E-state index contributed by atoms with van der Waals surface area (Å²) in [6.07, 6.45) is -13.0. The van der Waals surface area contributed by atoms with Crippen molar-refractivity contribution < 1.29 is 50.5 Å². The van der Waals surface area contributed by atoms with Crippen molar-refractivity contribution in [3.8, 4) is 17.0 Å². The van der Waals surface area contributed by atoms with E-state index in [0.29, 0.717) is 16.8 Å². The van der Waals surface area contributed by atoms with Crippen LogP contribution in [0.5, 0.6) is 5.75 Å². The van der Waals surface area contributed by atoms with E-state index < -0.39 is 36.1 Å². The first-order valence-electron chi connectivity index (χ1n) is 11.2. The molecule has 1 aliphatic rings. The fourth-order valence-corrected chi connectivity index (χ4v) is 3.59. The Morgan fingerprint density at radius 2 is 1.63 bits per heavy atom. The van der Waals surface area contributed by atoms with Crippen LogP contribution in [0.15, 0.2) is 36.8 Å². The van der Waals surface area contributed by atoms with Crippen molar-refractivity contribution in [3.05, 3.63) is 42.4 Å². The van der Waals surface area contributed by atoms with Crippen LogP contribution < -0.4 is 4.74 Å². The summed E-state index contributed by atoms with van der Waals surface area (Å²) in [5, 5.41) is 9.41. The maximum atomic E-state index is 12.7. The third-order valence-corrected chi connectivity index (χ3v) is 5.56. The van der Waals surface area contributed by atoms with Gasteiger partial charge in [0.2, 0.25) is 0 Å². The zero-order valence-corrected chi connectivity index (χ0v) is 20.2. The molecule has 0 spiro atoms. The van der Waals surface area contributed by atoms with Crippen LogP contribution >= 0.6 is 0 Å². The summed E-state index contributed by atoms with van der Waals surface area (Å²) < 4.78 is 85.7. The van der Waals surface area contributed by atoms with Gasteiger partial charge in [-0.25, -0.2) is 9.59 Å². The van der Waals surface area contributed by atoms with Gasteiger partial charge in [0.05, 0.1) is 11.9 Å². The van der Waals surface area contributed by atoms with Gasteiger partial charge in [-0.1, -0.05) is 0 Å². The SMILES string of the molecule is CC(C)(Oc1cc(CN2CCN(C(=O)OC(C(F)(F)F)C(F)(F)F)CC2)cc(-c2cnccn2)c1)C(=O)O. The largest absolute Gasteiger partial charge is 0.478 e. The zero-order valence-electron chi connectivity index (χ0n) is 20.2. The van der Waals surface area contributed by atoms with Gasteiger partial charge < -0.3 is 19.5 Å². The molecule has 1 aliphatic heterocycles. The third-order valence-electron chi connectivity index (χ3n) is 5.56. The van der Waals surface area contributed by atoms with Gasteiger partial charge in [0.15, 0.2) is 5.60 Å². The lowest BCUT2D eigenvalue weighted by Gasteiger charge is -2.35. The van der Waals surface area contributed by atoms with Crippen molar-refractivity contribution in [1.29, 1.82) is 0 Å². The average Bonchev–Trinajstić information content (AvgIpc) is 2.81. The normalized spacial score (nSPS) is 15.4. The summed E-state index contributed by atoms with van der Waals surface area (Å²) in [4.78, 5) is 34.4. The van der Waals surface area contributed by atoms with Crippen LogP contribution in [0, 0.1) is 0 Å². The minimum atomic E-state index is -5.79. The summed E-state index contributed by atoms with van der Waals surface area (Å²) in [6.45, 7) is 2.94. The topological polar surface area (TPSA) is 105 Å². The Morgan fingerprint density at radius 3 is 2.16 bits per heavy atom. The van der Waals surface area contributed by atoms with Gasteiger partial charge in [0.25, 0.3) is 6.10 Å². The molecule has 1 saturated heterocycles. The predicted molar refractivity (Wildman–Crippen MR) is 119 cm³/mol. The number of ether oxygens (including phenoxy) is 2. The highest BCUT2D eigenvalue weighted by Gasteiger charge is 2.60. The van der Waals surface area contributed by atoms with Crippen LogP contribution in [0.2, 0.25) is 0 Å². The quantitative estimate of drug-likeness (QED) is 0.514. The number of amides is 1.